The first kappa shape index (κ1) is 62.7. The summed E-state index contributed by atoms with van der Waals surface area (Å²) in [6, 6.07) is 0. The minimum Gasteiger partial charge on any atom is -0.469 e. The Balaban J connectivity index is 5.01. The fraction of sp³-hybridized carbons (Fsp3) is 0.925. The second-order valence-corrected chi connectivity index (χ2v) is 18.5. The van der Waals surface area contributed by atoms with Gasteiger partial charge >= 0.3 is 23.9 Å². The predicted octanol–water partition coefficient (Wildman–Crippen LogP) is 11.0. The molecule has 384 valence electrons. The van der Waals surface area contributed by atoms with Crippen LogP contribution >= 0.6 is 0 Å². The van der Waals surface area contributed by atoms with Gasteiger partial charge < -0.3 is 38.5 Å². The molecule has 0 aromatic carbocycles. The summed E-state index contributed by atoms with van der Waals surface area (Å²) in [5, 5.41) is 0. The van der Waals surface area contributed by atoms with E-state index in [0.29, 0.717) is 65.3 Å². The standard InChI is InChI=1S/C53H104N4O8/c1-7-11-14-17-20-23-26-29-47-63-51(59)33-38-56(39-34-52(60)64-48-30-27-24-21-18-15-12-8-2)44-42-54(5)41-43-55(36-10-4)45-46-57(37-32-50(58)62-6)40-35-53(61)65-49-31-28-25-22-19-16-13-9-3/h7-49H2,1-6H3. The monoisotopic (exact) mass is 925 g/mol. The van der Waals surface area contributed by atoms with Crippen molar-refractivity contribution in [1.82, 2.24) is 19.6 Å². The third-order valence-corrected chi connectivity index (χ3v) is 12.4. The Labute approximate surface area is 400 Å². The first-order valence-corrected chi connectivity index (χ1v) is 27.1. The van der Waals surface area contributed by atoms with E-state index in [2.05, 4.69) is 54.3 Å². The highest BCUT2D eigenvalue weighted by atomic mass is 16.5. The smallest absolute Gasteiger partial charge is 0.307 e. The second kappa shape index (κ2) is 48.2. The fourth-order valence-electron chi connectivity index (χ4n) is 7.92. The van der Waals surface area contributed by atoms with Crippen molar-refractivity contribution in [2.45, 2.75) is 214 Å². The number of esters is 4. The van der Waals surface area contributed by atoms with E-state index in [1.807, 2.05) is 0 Å². The number of methoxy groups -OCH3 is 1. The van der Waals surface area contributed by atoms with Crippen LogP contribution in [-0.4, -0.2) is 149 Å². The Bertz CT molecular complexity index is 1060. The zero-order chi connectivity index (χ0) is 47.9. The molecular formula is C53H104N4O8. The molecule has 0 aromatic heterocycles. The van der Waals surface area contributed by atoms with Gasteiger partial charge in [0, 0.05) is 65.4 Å². The predicted molar refractivity (Wildman–Crippen MR) is 268 cm³/mol. The molecule has 0 saturated heterocycles. The summed E-state index contributed by atoms with van der Waals surface area (Å²) in [7, 11) is 3.54. The number of unbranched alkanes of at least 4 members (excludes halogenated alkanes) is 21. The van der Waals surface area contributed by atoms with Crippen molar-refractivity contribution in [3.63, 3.8) is 0 Å². The molecule has 12 heteroatoms. The summed E-state index contributed by atoms with van der Waals surface area (Å²) in [5.41, 5.74) is 0. The van der Waals surface area contributed by atoms with Gasteiger partial charge in [-0.1, -0.05) is 163 Å². The number of carbonyl (C=O) groups is 4. The maximum atomic E-state index is 12.7. The highest BCUT2D eigenvalue weighted by Gasteiger charge is 2.16. The van der Waals surface area contributed by atoms with Crippen molar-refractivity contribution in [2.75, 3.05) is 106 Å². The van der Waals surface area contributed by atoms with Crippen LogP contribution in [0.1, 0.15) is 214 Å². The Morgan fingerprint density at radius 1 is 0.308 bits per heavy atom. The van der Waals surface area contributed by atoms with Gasteiger partial charge in [0.25, 0.3) is 0 Å². The van der Waals surface area contributed by atoms with E-state index in [1.165, 1.54) is 123 Å². The number of hydrogen-bond acceptors (Lipinski definition) is 12. The van der Waals surface area contributed by atoms with Gasteiger partial charge in [0.1, 0.15) is 0 Å². The first-order chi connectivity index (χ1) is 31.7. The first-order valence-electron chi connectivity index (χ1n) is 27.1. The van der Waals surface area contributed by atoms with Crippen molar-refractivity contribution >= 4 is 23.9 Å². The minimum atomic E-state index is -0.250. The molecule has 65 heavy (non-hydrogen) atoms. The maximum absolute atomic E-state index is 12.7. The normalized spacial score (nSPS) is 11.6. The van der Waals surface area contributed by atoms with Crippen LogP contribution in [0.2, 0.25) is 0 Å². The maximum Gasteiger partial charge on any atom is 0.307 e. The second-order valence-electron chi connectivity index (χ2n) is 18.5. The van der Waals surface area contributed by atoms with Crippen molar-refractivity contribution in [3.05, 3.63) is 0 Å². The van der Waals surface area contributed by atoms with E-state index in [0.717, 1.165) is 90.8 Å². The van der Waals surface area contributed by atoms with E-state index < -0.39 is 0 Å². The Morgan fingerprint density at radius 3 is 0.862 bits per heavy atom. The third-order valence-electron chi connectivity index (χ3n) is 12.4. The molecule has 12 nitrogen and oxygen atoms in total. The molecule has 0 aliphatic heterocycles. The highest BCUT2D eigenvalue weighted by molar-refractivity contribution is 5.70. The molecule has 0 rings (SSSR count). The molecule has 0 saturated carbocycles. The van der Waals surface area contributed by atoms with Gasteiger partial charge in [-0.05, 0) is 39.3 Å². The van der Waals surface area contributed by atoms with Crippen LogP contribution < -0.4 is 0 Å². The van der Waals surface area contributed by atoms with Crippen LogP contribution in [0, 0.1) is 0 Å². The number of ether oxygens (including phenoxy) is 4. The number of likely N-dealkylation sites (N-methyl/N-ethyl adjacent to an activating group) is 1. The fourth-order valence-corrected chi connectivity index (χ4v) is 7.92. The molecule has 0 amide bonds. The molecule has 0 radical (unpaired) electrons. The molecule has 0 heterocycles. The summed E-state index contributed by atoms with van der Waals surface area (Å²) < 4.78 is 21.7. The minimum absolute atomic E-state index is 0.171. The lowest BCUT2D eigenvalue weighted by Crippen LogP contribution is -2.42. The lowest BCUT2D eigenvalue weighted by molar-refractivity contribution is -0.145. The molecule has 0 fully saturated rings. The summed E-state index contributed by atoms with van der Waals surface area (Å²) in [6.45, 7) is 18.3. The molecule has 0 unspecified atom stereocenters. The zero-order valence-electron chi connectivity index (χ0n) is 43.5. The van der Waals surface area contributed by atoms with Gasteiger partial charge in [-0.2, -0.15) is 0 Å². The molecule has 0 spiro atoms. The molecule has 0 aromatic rings. The quantitative estimate of drug-likeness (QED) is 0.0328. The van der Waals surface area contributed by atoms with Gasteiger partial charge in [-0.25, -0.2) is 0 Å². The van der Waals surface area contributed by atoms with E-state index in [4.69, 9.17) is 18.9 Å². The molecule has 0 N–H and O–H groups in total. The average molecular weight is 925 g/mol. The van der Waals surface area contributed by atoms with Crippen LogP contribution in [0.5, 0.6) is 0 Å². The van der Waals surface area contributed by atoms with Gasteiger partial charge in [0.15, 0.2) is 0 Å². The van der Waals surface area contributed by atoms with Gasteiger partial charge in [-0.3, -0.25) is 19.2 Å². The summed E-state index contributed by atoms with van der Waals surface area (Å²) in [6.07, 6.45) is 31.1. The van der Waals surface area contributed by atoms with Crippen molar-refractivity contribution in [3.8, 4) is 0 Å². The van der Waals surface area contributed by atoms with E-state index in [9.17, 15) is 19.2 Å². The Morgan fingerprint density at radius 2 is 0.569 bits per heavy atom. The number of hydrogen-bond donors (Lipinski definition) is 0. The van der Waals surface area contributed by atoms with Crippen LogP contribution in [0.15, 0.2) is 0 Å². The zero-order valence-corrected chi connectivity index (χ0v) is 43.5. The molecule has 0 aliphatic carbocycles. The lowest BCUT2D eigenvalue weighted by atomic mass is 10.1. The summed E-state index contributed by atoms with van der Waals surface area (Å²) in [5.74, 6) is -0.770. The Kier molecular flexibility index (Phi) is 46.5. The van der Waals surface area contributed by atoms with Crippen molar-refractivity contribution in [1.29, 1.82) is 0 Å². The topological polar surface area (TPSA) is 118 Å². The Hall–Kier alpha value is -2.28. The number of carbonyl (C=O) groups excluding carboxylic acids is 4. The van der Waals surface area contributed by atoms with Gasteiger partial charge in [0.2, 0.25) is 0 Å². The van der Waals surface area contributed by atoms with Crippen LogP contribution in [0.25, 0.3) is 0 Å². The van der Waals surface area contributed by atoms with Gasteiger partial charge in [0.05, 0.1) is 52.6 Å². The van der Waals surface area contributed by atoms with Crippen molar-refractivity contribution in [2.24, 2.45) is 0 Å². The van der Waals surface area contributed by atoms with E-state index in [1.54, 1.807) is 0 Å². The SMILES string of the molecule is CCCCCCCCCCOC(=O)CCN(CCC(=O)OCCCCCCCCCC)CCN(C)CCN(CCC)CCN(CCC(=O)OC)CCC(=O)OCCCCCCCCCC. The molecular weight excluding hydrogens is 821 g/mol. The largest absolute Gasteiger partial charge is 0.469 e. The van der Waals surface area contributed by atoms with E-state index >= 15 is 0 Å². The van der Waals surface area contributed by atoms with Crippen molar-refractivity contribution < 1.29 is 38.1 Å². The molecule has 0 atom stereocenters. The van der Waals surface area contributed by atoms with Crippen LogP contribution in [0.3, 0.4) is 0 Å². The van der Waals surface area contributed by atoms with E-state index in [-0.39, 0.29) is 30.3 Å². The van der Waals surface area contributed by atoms with Gasteiger partial charge in [-0.15, -0.1) is 0 Å². The molecule has 0 bridgehead atoms. The average Bonchev–Trinajstić information content (AvgIpc) is 3.30. The lowest BCUT2D eigenvalue weighted by Gasteiger charge is -2.29. The summed E-state index contributed by atoms with van der Waals surface area (Å²) in [4.78, 5) is 59.3. The summed E-state index contributed by atoms with van der Waals surface area (Å²) >= 11 is 0. The van der Waals surface area contributed by atoms with Crippen LogP contribution in [0.4, 0.5) is 0 Å². The number of nitrogens with zero attached hydrogens (tertiary/aromatic N) is 4. The third kappa shape index (κ3) is 44.0. The van der Waals surface area contributed by atoms with Crippen LogP contribution in [-0.2, 0) is 38.1 Å². The number of rotatable bonds is 50. The molecule has 0 aliphatic rings. The highest BCUT2D eigenvalue weighted by Crippen LogP contribution is 2.12.